The van der Waals surface area contributed by atoms with Gasteiger partial charge in [-0.3, -0.25) is 14.5 Å². The molecule has 0 radical (unpaired) electrons. The summed E-state index contributed by atoms with van der Waals surface area (Å²) in [6, 6.07) is 9.83. The van der Waals surface area contributed by atoms with Crippen molar-refractivity contribution in [1.82, 2.24) is 0 Å². The molecule has 1 amide bonds. The van der Waals surface area contributed by atoms with Gasteiger partial charge >= 0.3 is 0 Å². The fraction of sp³-hybridized carbons (Fsp3) is 0.0667. The lowest BCUT2D eigenvalue weighted by atomic mass is 10.1. The second-order valence-electron chi connectivity index (χ2n) is 4.59. The number of nitrogens with zero attached hydrogens (tertiary/aromatic N) is 1. The fourth-order valence-electron chi connectivity index (χ4n) is 2.30. The summed E-state index contributed by atoms with van der Waals surface area (Å²) in [4.78, 5) is 25.5. The minimum atomic E-state index is -0.617. The Bertz CT molecular complexity index is 774. The number of amides is 1. The molecular formula is C15H8Cl3NO2. The summed E-state index contributed by atoms with van der Waals surface area (Å²) >= 11 is 18.2. The van der Waals surface area contributed by atoms with Gasteiger partial charge in [0.2, 0.25) is 0 Å². The Labute approximate surface area is 136 Å². The molecule has 2 aromatic carbocycles. The molecule has 0 aliphatic carbocycles. The summed E-state index contributed by atoms with van der Waals surface area (Å²) in [6.07, 6.45) is 0. The van der Waals surface area contributed by atoms with Crippen LogP contribution in [0.4, 0.5) is 5.69 Å². The van der Waals surface area contributed by atoms with Crippen LogP contribution in [-0.4, -0.2) is 11.7 Å². The number of hydrogen-bond acceptors (Lipinski definition) is 2. The van der Waals surface area contributed by atoms with Gasteiger partial charge in [-0.15, -0.1) is 0 Å². The van der Waals surface area contributed by atoms with Crippen molar-refractivity contribution in [3.8, 4) is 0 Å². The number of ketones is 1. The van der Waals surface area contributed by atoms with Crippen LogP contribution in [0.3, 0.4) is 0 Å². The van der Waals surface area contributed by atoms with Crippen molar-refractivity contribution >= 4 is 52.2 Å². The highest BCUT2D eigenvalue weighted by molar-refractivity contribution is 6.54. The smallest absolute Gasteiger partial charge is 0.299 e. The maximum Gasteiger partial charge on any atom is 0.299 e. The van der Waals surface area contributed by atoms with Gasteiger partial charge in [-0.2, -0.15) is 0 Å². The van der Waals surface area contributed by atoms with Crippen LogP contribution < -0.4 is 4.90 Å². The Morgan fingerprint density at radius 1 is 0.952 bits per heavy atom. The van der Waals surface area contributed by atoms with Gasteiger partial charge < -0.3 is 0 Å². The molecule has 6 heteroatoms. The topological polar surface area (TPSA) is 37.4 Å². The standard InChI is InChI=1S/C15H8Cl3NO2/c16-9-4-5-11(17)8(6-9)7-19-13-10(14(20)15(19)21)2-1-3-12(13)18/h1-6H,7H2. The summed E-state index contributed by atoms with van der Waals surface area (Å²) in [5.74, 6) is -1.18. The van der Waals surface area contributed by atoms with E-state index in [0.717, 1.165) is 0 Å². The van der Waals surface area contributed by atoms with Crippen LogP contribution in [0.15, 0.2) is 36.4 Å². The van der Waals surface area contributed by atoms with E-state index < -0.39 is 11.7 Å². The lowest BCUT2D eigenvalue weighted by Crippen LogP contribution is -2.29. The zero-order valence-electron chi connectivity index (χ0n) is 10.6. The molecule has 2 aromatic rings. The molecule has 3 nitrogen and oxygen atoms in total. The van der Waals surface area contributed by atoms with Crippen LogP contribution in [0.25, 0.3) is 0 Å². The van der Waals surface area contributed by atoms with Crippen molar-refractivity contribution in [3.63, 3.8) is 0 Å². The molecule has 0 bridgehead atoms. The second kappa shape index (κ2) is 5.34. The van der Waals surface area contributed by atoms with Crippen LogP contribution >= 0.6 is 34.8 Å². The molecule has 0 saturated heterocycles. The van der Waals surface area contributed by atoms with Crippen molar-refractivity contribution in [3.05, 3.63) is 62.6 Å². The number of anilines is 1. The first kappa shape index (κ1) is 14.4. The molecule has 0 fully saturated rings. The fourth-order valence-corrected chi connectivity index (χ4v) is 2.95. The Morgan fingerprint density at radius 3 is 2.48 bits per heavy atom. The molecule has 0 aromatic heterocycles. The number of fused-ring (bicyclic) bond motifs is 1. The monoisotopic (exact) mass is 339 g/mol. The van der Waals surface area contributed by atoms with E-state index in [-0.39, 0.29) is 6.54 Å². The van der Waals surface area contributed by atoms with E-state index in [0.29, 0.717) is 31.9 Å². The third-order valence-electron chi connectivity index (χ3n) is 3.28. The van der Waals surface area contributed by atoms with Gasteiger partial charge in [0.25, 0.3) is 11.7 Å². The quantitative estimate of drug-likeness (QED) is 0.761. The predicted molar refractivity (Wildman–Crippen MR) is 83.4 cm³/mol. The highest BCUT2D eigenvalue weighted by atomic mass is 35.5. The van der Waals surface area contributed by atoms with Gasteiger partial charge in [0, 0.05) is 10.0 Å². The highest BCUT2D eigenvalue weighted by Crippen LogP contribution is 2.37. The van der Waals surface area contributed by atoms with Gasteiger partial charge in [0.15, 0.2) is 0 Å². The van der Waals surface area contributed by atoms with Crippen molar-refractivity contribution < 1.29 is 9.59 Å². The molecule has 0 spiro atoms. The Morgan fingerprint density at radius 2 is 1.71 bits per heavy atom. The van der Waals surface area contributed by atoms with Crippen molar-refractivity contribution in [2.45, 2.75) is 6.54 Å². The predicted octanol–water partition coefficient (Wildman–Crippen LogP) is 4.38. The summed E-state index contributed by atoms with van der Waals surface area (Å²) in [7, 11) is 0. The van der Waals surface area contributed by atoms with Crippen LogP contribution in [0.1, 0.15) is 15.9 Å². The van der Waals surface area contributed by atoms with E-state index in [1.807, 2.05) is 0 Å². The lowest BCUT2D eigenvalue weighted by molar-refractivity contribution is -0.114. The minimum absolute atomic E-state index is 0.140. The van der Waals surface area contributed by atoms with Crippen LogP contribution in [0.5, 0.6) is 0 Å². The van der Waals surface area contributed by atoms with Gasteiger partial charge in [-0.05, 0) is 35.9 Å². The van der Waals surface area contributed by atoms with Crippen molar-refractivity contribution in [1.29, 1.82) is 0 Å². The first-order valence-corrected chi connectivity index (χ1v) is 7.21. The molecule has 3 rings (SSSR count). The first-order chi connectivity index (χ1) is 9.99. The second-order valence-corrected chi connectivity index (χ2v) is 5.84. The molecule has 21 heavy (non-hydrogen) atoms. The molecule has 0 N–H and O–H groups in total. The zero-order chi connectivity index (χ0) is 15.1. The Balaban J connectivity index is 2.06. The maximum atomic E-state index is 12.2. The summed E-state index contributed by atoms with van der Waals surface area (Å²) in [5, 5.41) is 1.33. The molecule has 0 atom stereocenters. The van der Waals surface area contributed by atoms with Gasteiger partial charge in [0.05, 0.1) is 22.8 Å². The van der Waals surface area contributed by atoms with Crippen molar-refractivity contribution in [2.75, 3.05) is 4.90 Å². The average molecular weight is 341 g/mol. The number of carbonyl (C=O) groups excluding carboxylic acids is 2. The normalized spacial score (nSPS) is 13.8. The molecule has 106 valence electrons. The molecule has 1 heterocycles. The van der Waals surface area contributed by atoms with Crippen LogP contribution in [0.2, 0.25) is 15.1 Å². The third kappa shape index (κ3) is 2.42. The summed E-state index contributed by atoms with van der Waals surface area (Å²) < 4.78 is 0. The number of hydrogen-bond donors (Lipinski definition) is 0. The minimum Gasteiger partial charge on any atom is -0.299 e. The molecule has 0 unspecified atom stereocenters. The zero-order valence-corrected chi connectivity index (χ0v) is 12.8. The Hall–Kier alpha value is -1.55. The van der Waals surface area contributed by atoms with Crippen LogP contribution in [-0.2, 0) is 11.3 Å². The van der Waals surface area contributed by atoms with E-state index in [2.05, 4.69) is 0 Å². The largest absolute Gasteiger partial charge is 0.299 e. The van der Waals surface area contributed by atoms with Gasteiger partial charge in [0.1, 0.15) is 0 Å². The first-order valence-electron chi connectivity index (χ1n) is 6.07. The number of benzene rings is 2. The number of carbonyl (C=O) groups is 2. The third-order valence-corrected chi connectivity index (χ3v) is 4.19. The van der Waals surface area contributed by atoms with E-state index in [4.69, 9.17) is 34.8 Å². The number of rotatable bonds is 2. The lowest BCUT2D eigenvalue weighted by Gasteiger charge is -2.18. The highest BCUT2D eigenvalue weighted by Gasteiger charge is 2.37. The Kier molecular flexibility index (Phi) is 3.66. The van der Waals surface area contributed by atoms with E-state index >= 15 is 0 Å². The number of halogens is 3. The number of para-hydroxylation sites is 1. The van der Waals surface area contributed by atoms with Crippen molar-refractivity contribution in [2.24, 2.45) is 0 Å². The molecule has 0 saturated carbocycles. The SMILES string of the molecule is O=C1C(=O)N(Cc2cc(Cl)ccc2Cl)c2c(Cl)cccc21. The summed E-state index contributed by atoms with van der Waals surface area (Å²) in [5.41, 5.74) is 1.38. The molecule has 1 aliphatic rings. The number of Topliss-reactive ketones (excluding diaryl/α,β-unsaturated/α-hetero) is 1. The van der Waals surface area contributed by atoms with Gasteiger partial charge in [-0.25, -0.2) is 0 Å². The van der Waals surface area contributed by atoms with E-state index in [9.17, 15) is 9.59 Å². The van der Waals surface area contributed by atoms with Crippen LogP contribution in [0, 0.1) is 0 Å². The van der Waals surface area contributed by atoms with E-state index in [1.54, 1.807) is 36.4 Å². The maximum absolute atomic E-state index is 12.2. The molecular weight excluding hydrogens is 333 g/mol. The van der Waals surface area contributed by atoms with E-state index in [1.165, 1.54) is 4.90 Å². The average Bonchev–Trinajstić information content (AvgIpc) is 2.69. The summed E-state index contributed by atoms with van der Waals surface area (Å²) in [6.45, 7) is 0.140. The van der Waals surface area contributed by atoms with Gasteiger partial charge in [-0.1, -0.05) is 40.9 Å². The molecule has 1 aliphatic heterocycles.